The Morgan fingerprint density at radius 1 is 1.29 bits per heavy atom. The molecule has 8 heteroatoms. The lowest BCUT2D eigenvalue weighted by atomic mass is 9.98. The Bertz CT molecular complexity index is 711. The number of carbonyl (C=O) groups excluding carboxylic acids is 1. The number of halogens is 2. The zero-order valence-corrected chi connectivity index (χ0v) is 13.6. The third-order valence-electron chi connectivity index (χ3n) is 3.44. The van der Waals surface area contributed by atoms with Gasteiger partial charge in [0, 0.05) is 18.7 Å². The van der Waals surface area contributed by atoms with E-state index in [1.54, 1.807) is 26.8 Å². The molecule has 1 aliphatic rings. The molecule has 1 aromatic carbocycles. The second-order valence-electron chi connectivity index (χ2n) is 6.45. The molecule has 0 N–H and O–H groups in total. The third-order valence-corrected chi connectivity index (χ3v) is 3.44. The first-order chi connectivity index (χ1) is 11.1. The molecule has 1 amide bonds. The molecule has 0 saturated heterocycles. The molecule has 6 nitrogen and oxygen atoms in total. The van der Waals surface area contributed by atoms with Crippen LogP contribution in [0.5, 0.6) is 0 Å². The average molecular weight is 340 g/mol. The van der Waals surface area contributed by atoms with Crippen molar-refractivity contribution in [2.45, 2.75) is 32.8 Å². The summed E-state index contributed by atoms with van der Waals surface area (Å²) in [6.07, 6.45) is 1.41. The van der Waals surface area contributed by atoms with E-state index in [2.05, 4.69) is 0 Å². The van der Waals surface area contributed by atoms with E-state index in [0.29, 0.717) is 24.6 Å². The molecule has 0 atom stereocenters. The Labute approximate surface area is 137 Å². The highest BCUT2D eigenvalue weighted by Crippen LogP contribution is 2.29. The fourth-order valence-electron chi connectivity index (χ4n) is 2.33. The maximum atomic E-state index is 14.0. The van der Waals surface area contributed by atoms with Gasteiger partial charge in [-0.15, -0.1) is 0 Å². The Kier molecular flexibility index (Phi) is 4.86. The van der Waals surface area contributed by atoms with Crippen LogP contribution in [0.3, 0.4) is 0 Å². The second-order valence-corrected chi connectivity index (χ2v) is 6.45. The third kappa shape index (κ3) is 4.06. The Hall–Kier alpha value is -2.51. The summed E-state index contributed by atoms with van der Waals surface area (Å²) in [6.45, 7) is 5.75. The molecule has 0 unspecified atom stereocenters. The van der Waals surface area contributed by atoms with E-state index in [4.69, 9.17) is 4.74 Å². The first kappa shape index (κ1) is 17.8. The maximum Gasteiger partial charge on any atom is 0.410 e. The van der Waals surface area contributed by atoms with Gasteiger partial charge < -0.3 is 9.64 Å². The molecular formula is C16H18F2N2O4. The summed E-state index contributed by atoms with van der Waals surface area (Å²) in [5.74, 6) is -1.95. The smallest absolute Gasteiger partial charge is 0.410 e. The van der Waals surface area contributed by atoms with E-state index in [-0.39, 0.29) is 12.1 Å². The number of benzene rings is 1. The van der Waals surface area contributed by atoms with Crippen molar-refractivity contribution in [3.05, 3.63) is 45.5 Å². The zero-order chi connectivity index (χ0) is 18.1. The van der Waals surface area contributed by atoms with E-state index < -0.39 is 33.9 Å². The first-order valence-corrected chi connectivity index (χ1v) is 7.39. The SMILES string of the molecule is CC(C)(C)OC(=O)N1CC=C(c2cc(F)c([N+](=O)[O-])cc2F)CC1. The van der Waals surface area contributed by atoms with Crippen molar-refractivity contribution in [3.8, 4) is 0 Å². The molecule has 130 valence electrons. The largest absolute Gasteiger partial charge is 0.444 e. The number of ether oxygens (including phenoxy) is 1. The highest BCUT2D eigenvalue weighted by molar-refractivity contribution is 5.73. The van der Waals surface area contributed by atoms with E-state index >= 15 is 0 Å². The maximum absolute atomic E-state index is 14.0. The molecule has 1 heterocycles. The quantitative estimate of drug-likeness (QED) is 0.605. The summed E-state index contributed by atoms with van der Waals surface area (Å²) < 4.78 is 33.0. The van der Waals surface area contributed by atoms with Gasteiger partial charge in [0.05, 0.1) is 11.0 Å². The fraction of sp³-hybridized carbons (Fsp3) is 0.438. The second kappa shape index (κ2) is 6.54. The number of carbonyl (C=O) groups is 1. The lowest BCUT2D eigenvalue weighted by Gasteiger charge is -2.29. The lowest BCUT2D eigenvalue weighted by molar-refractivity contribution is -0.387. The normalized spacial score (nSPS) is 15.0. The van der Waals surface area contributed by atoms with Gasteiger partial charge >= 0.3 is 11.8 Å². The van der Waals surface area contributed by atoms with Crippen LogP contribution in [0.1, 0.15) is 32.8 Å². The van der Waals surface area contributed by atoms with Crippen molar-refractivity contribution in [2.75, 3.05) is 13.1 Å². The minimum atomic E-state index is -1.09. The topological polar surface area (TPSA) is 72.7 Å². The van der Waals surface area contributed by atoms with Gasteiger partial charge in [-0.1, -0.05) is 6.08 Å². The molecule has 0 fully saturated rings. The van der Waals surface area contributed by atoms with Crippen LogP contribution >= 0.6 is 0 Å². The molecule has 0 saturated carbocycles. The minimum absolute atomic E-state index is 0.0260. The van der Waals surface area contributed by atoms with E-state index in [1.807, 2.05) is 0 Å². The van der Waals surface area contributed by atoms with Crippen molar-refractivity contribution < 1.29 is 23.2 Å². The van der Waals surface area contributed by atoms with Crippen molar-refractivity contribution >= 4 is 17.4 Å². The van der Waals surface area contributed by atoms with Crippen LogP contribution in [0.4, 0.5) is 19.3 Å². The molecule has 1 aromatic rings. The molecule has 2 rings (SSSR count). The summed E-state index contributed by atoms with van der Waals surface area (Å²) in [7, 11) is 0. The monoisotopic (exact) mass is 340 g/mol. The summed E-state index contributed by atoms with van der Waals surface area (Å²) in [6, 6.07) is 1.40. The van der Waals surface area contributed by atoms with Gasteiger partial charge in [-0.05, 0) is 38.8 Å². The highest BCUT2D eigenvalue weighted by atomic mass is 19.1. The Morgan fingerprint density at radius 3 is 2.46 bits per heavy atom. The van der Waals surface area contributed by atoms with Gasteiger partial charge in [-0.25, -0.2) is 9.18 Å². The van der Waals surface area contributed by atoms with E-state index in [1.165, 1.54) is 4.90 Å². The number of nitro groups is 1. The number of nitrogens with zero attached hydrogens (tertiary/aromatic N) is 2. The van der Waals surface area contributed by atoms with Crippen molar-refractivity contribution in [2.24, 2.45) is 0 Å². The van der Waals surface area contributed by atoms with Gasteiger partial charge in [0.15, 0.2) is 0 Å². The van der Waals surface area contributed by atoms with Crippen LogP contribution in [0, 0.1) is 21.7 Å². The molecule has 0 bridgehead atoms. The number of amides is 1. The van der Waals surface area contributed by atoms with Gasteiger partial charge in [0.25, 0.3) is 0 Å². The summed E-state index contributed by atoms with van der Waals surface area (Å²) in [4.78, 5) is 23.1. The van der Waals surface area contributed by atoms with Crippen LogP contribution in [-0.2, 0) is 4.74 Å². The Balaban J connectivity index is 2.17. The van der Waals surface area contributed by atoms with Crippen molar-refractivity contribution in [3.63, 3.8) is 0 Å². The number of nitro benzene ring substituents is 1. The highest BCUT2D eigenvalue weighted by Gasteiger charge is 2.26. The van der Waals surface area contributed by atoms with Crippen LogP contribution in [0.25, 0.3) is 5.57 Å². The number of rotatable bonds is 2. The summed E-state index contributed by atoms with van der Waals surface area (Å²) >= 11 is 0. The van der Waals surface area contributed by atoms with E-state index in [0.717, 1.165) is 6.07 Å². The predicted molar refractivity (Wildman–Crippen MR) is 83.4 cm³/mol. The number of hydrogen-bond donors (Lipinski definition) is 0. The van der Waals surface area contributed by atoms with Gasteiger partial charge in [0.2, 0.25) is 5.82 Å². The van der Waals surface area contributed by atoms with Crippen molar-refractivity contribution in [1.82, 2.24) is 4.90 Å². The number of hydrogen-bond acceptors (Lipinski definition) is 4. The van der Waals surface area contributed by atoms with Crippen molar-refractivity contribution in [1.29, 1.82) is 0 Å². The van der Waals surface area contributed by atoms with E-state index in [9.17, 15) is 23.7 Å². The summed E-state index contributed by atoms with van der Waals surface area (Å²) in [5, 5.41) is 10.6. The lowest BCUT2D eigenvalue weighted by Crippen LogP contribution is -2.39. The molecular weight excluding hydrogens is 322 g/mol. The van der Waals surface area contributed by atoms with Crippen LogP contribution in [0.15, 0.2) is 18.2 Å². The van der Waals surface area contributed by atoms with Crippen LogP contribution in [0.2, 0.25) is 0 Å². The predicted octanol–water partition coefficient (Wildman–Crippen LogP) is 3.90. The van der Waals surface area contributed by atoms with Gasteiger partial charge in [-0.2, -0.15) is 4.39 Å². The van der Waals surface area contributed by atoms with Gasteiger partial charge in [-0.3, -0.25) is 10.1 Å². The van der Waals surface area contributed by atoms with Crippen LogP contribution in [-0.4, -0.2) is 34.6 Å². The molecule has 0 radical (unpaired) electrons. The zero-order valence-electron chi connectivity index (χ0n) is 13.6. The molecule has 0 aliphatic carbocycles. The van der Waals surface area contributed by atoms with Gasteiger partial charge in [0.1, 0.15) is 11.4 Å². The molecule has 0 spiro atoms. The minimum Gasteiger partial charge on any atom is -0.444 e. The Morgan fingerprint density at radius 2 is 1.96 bits per heavy atom. The van der Waals surface area contributed by atoms with Crippen LogP contribution < -0.4 is 0 Å². The standard InChI is InChI=1S/C16H18F2N2O4/c1-16(2,3)24-15(21)19-6-4-10(5-7-19)11-8-13(18)14(20(22)23)9-12(11)17/h4,8-9H,5-7H2,1-3H3. The molecule has 1 aliphatic heterocycles. The first-order valence-electron chi connectivity index (χ1n) is 7.39. The summed E-state index contributed by atoms with van der Waals surface area (Å²) in [5.41, 5.74) is -1.04. The molecule has 0 aromatic heterocycles. The fourth-order valence-corrected chi connectivity index (χ4v) is 2.33. The average Bonchev–Trinajstić information content (AvgIpc) is 2.47. The molecule has 24 heavy (non-hydrogen) atoms.